The number of aliphatic hydroxyl groups is 10. The van der Waals surface area contributed by atoms with E-state index in [0.717, 1.165) is 6.92 Å². The van der Waals surface area contributed by atoms with E-state index in [1.807, 2.05) is 0 Å². The van der Waals surface area contributed by atoms with E-state index in [1.54, 1.807) is 0 Å². The minimum absolute atomic E-state index is 0.564. The molecule has 15 atom stereocenters. The molecule has 3 saturated heterocycles. The van der Waals surface area contributed by atoms with Gasteiger partial charge in [0.15, 0.2) is 18.9 Å². The number of carbonyl (C=O) groups is 1. The van der Waals surface area contributed by atoms with Crippen molar-refractivity contribution in [1.82, 2.24) is 5.32 Å². The van der Waals surface area contributed by atoms with Gasteiger partial charge in [0.1, 0.15) is 73.2 Å². The fourth-order valence-corrected chi connectivity index (χ4v) is 4.36. The third kappa shape index (κ3) is 6.55. The predicted molar refractivity (Wildman–Crippen MR) is 113 cm³/mol. The minimum atomic E-state index is -1.84. The van der Waals surface area contributed by atoms with Crippen LogP contribution in [0, 0.1) is 0 Å². The van der Waals surface area contributed by atoms with Crippen molar-refractivity contribution >= 4 is 5.91 Å². The van der Waals surface area contributed by atoms with Crippen molar-refractivity contribution in [2.45, 2.75) is 99.0 Å². The van der Waals surface area contributed by atoms with Gasteiger partial charge in [-0.05, 0) is 0 Å². The average molecular weight is 545 g/mol. The van der Waals surface area contributed by atoms with Crippen molar-refractivity contribution in [2.24, 2.45) is 0 Å². The molecular formula is C20H35NO16. The lowest BCUT2D eigenvalue weighted by Gasteiger charge is -2.47. The number of hydrogen-bond donors (Lipinski definition) is 11. The molecule has 1 amide bonds. The topological polar surface area (TPSA) is 278 Å². The van der Waals surface area contributed by atoms with E-state index >= 15 is 0 Å². The van der Waals surface area contributed by atoms with Gasteiger partial charge in [-0.25, -0.2) is 0 Å². The summed E-state index contributed by atoms with van der Waals surface area (Å²) < 4.78 is 27.0. The van der Waals surface area contributed by atoms with Crippen molar-refractivity contribution in [3.8, 4) is 0 Å². The Kier molecular flexibility index (Phi) is 10.5. The van der Waals surface area contributed by atoms with Crippen LogP contribution < -0.4 is 5.32 Å². The number of carbonyl (C=O) groups excluding carboxylic acids is 1. The Labute approximate surface area is 210 Å². The molecule has 0 spiro atoms. The largest absolute Gasteiger partial charge is 0.394 e. The average Bonchev–Trinajstić information content (AvgIpc) is 2.86. The van der Waals surface area contributed by atoms with Crippen LogP contribution in [0.4, 0.5) is 0 Å². The second-order valence-electron chi connectivity index (χ2n) is 9.11. The first-order valence-electron chi connectivity index (χ1n) is 11.6. The second kappa shape index (κ2) is 12.8. The third-order valence-electron chi connectivity index (χ3n) is 6.47. The van der Waals surface area contributed by atoms with Crippen LogP contribution >= 0.6 is 0 Å². The molecular weight excluding hydrogens is 510 g/mol. The lowest BCUT2D eigenvalue weighted by Crippen LogP contribution is -2.68. The van der Waals surface area contributed by atoms with E-state index in [1.165, 1.54) is 0 Å². The SMILES string of the molecule is CC(=O)N[C@H]1[C@H](OC[C@H]2O[C@H](O)[C@@H](O)[C@@H](O)[C@@H]2O)O[C@H](CO)[C@@H](O[C@@H]2O[C@H](CO)[C@H](O)[C@H](O)[C@H]2O)[C@@H]1O. The van der Waals surface area contributed by atoms with Crippen LogP contribution in [0.1, 0.15) is 6.92 Å². The van der Waals surface area contributed by atoms with Crippen molar-refractivity contribution in [1.29, 1.82) is 0 Å². The Hall–Kier alpha value is -1.13. The maximum absolute atomic E-state index is 11.8. The highest BCUT2D eigenvalue weighted by atomic mass is 16.7. The van der Waals surface area contributed by atoms with Gasteiger partial charge in [0.25, 0.3) is 0 Å². The zero-order valence-electron chi connectivity index (χ0n) is 19.7. The fraction of sp³-hybridized carbons (Fsp3) is 0.950. The van der Waals surface area contributed by atoms with Crippen LogP contribution in [0.2, 0.25) is 0 Å². The molecule has 0 aliphatic carbocycles. The highest BCUT2D eigenvalue weighted by molar-refractivity contribution is 5.73. The molecule has 3 aliphatic rings. The van der Waals surface area contributed by atoms with Crippen molar-refractivity contribution in [3.63, 3.8) is 0 Å². The molecule has 0 radical (unpaired) electrons. The van der Waals surface area contributed by atoms with E-state index in [-0.39, 0.29) is 0 Å². The Morgan fingerprint density at radius 3 is 1.86 bits per heavy atom. The van der Waals surface area contributed by atoms with Crippen molar-refractivity contribution < 1.29 is 79.5 Å². The zero-order valence-corrected chi connectivity index (χ0v) is 19.7. The van der Waals surface area contributed by atoms with E-state index in [9.17, 15) is 55.9 Å². The van der Waals surface area contributed by atoms with Crippen LogP contribution in [0.15, 0.2) is 0 Å². The highest BCUT2D eigenvalue weighted by Gasteiger charge is 2.52. The quantitative estimate of drug-likeness (QED) is 0.135. The monoisotopic (exact) mass is 545 g/mol. The molecule has 17 heteroatoms. The Balaban J connectivity index is 1.74. The van der Waals surface area contributed by atoms with Crippen LogP contribution in [0.3, 0.4) is 0 Å². The van der Waals surface area contributed by atoms with Crippen LogP contribution in [-0.4, -0.2) is 169 Å². The standard InChI is InChI=1S/C20H35NO16/c1-5(24)21-9-12(27)17(37-20-16(31)14(29)10(25)6(2-22)35-20)7(3-23)36-19(9)33-4-8-11(26)13(28)15(30)18(32)34-8/h6-20,22-23,25-32H,2-4H2,1H3,(H,21,24)/t6-,7-,8-,9-,10+,11-,12-,13+,14+,15+,16-,17-,18+,19-,20+/m1/s1. The maximum Gasteiger partial charge on any atom is 0.217 e. The number of ether oxygens (including phenoxy) is 5. The smallest absolute Gasteiger partial charge is 0.217 e. The van der Waals surface area contributed by atoms with E-state index in [0.29, 0.717) is 0 Å². The van der Waals surface area contributed by atoms with Gasteiger partial charge in [-0.3, -0.25) is 4.79 Å². The highest BCUT2D eigenvalue weighted by Crippen LogP contribution is 2.30. The molecule has 11 N–H and O–H groups in total. The number of hydrogen-bond acceptors (Lipinski definition) is 16. The summed E-state index contributed by atoms with van der Waals surface area (Å²) in [5.74, 6) is -0.641. The number of amides is 1. The second-order valence-corrected chi connectivity index (χ2v) is 9.11. The Bertz CT molecular complexity index is 745. The first-order valence-corrected chi connectivity index (χ1v) is 11.6. The zero-order chi connectivity index (χ0) is 27.6. The lowest BCUT2D eigenvalue weighted by atomic mass is 9.95. The normalized spacial score (nSPS) is 49.0. The summed E-state index contributed by atoms with van der Waals surface area (Å²) in [6.07, 6.45) is -22.7. The van der Waals surface area contributed by atoms with Crippen LogP contribution in [0.25, 0.3) is 0 Å². The predicted octanol–water partition coefficient (Wildman–Crippen LogP) is -7.43. The molecule has 0 unspecified atom stereocenters. The Morgan fingerprint density at radius 2 is 1.27 bits per heavy atom. The summed E-state index contributed by atoms with van der Waals surface area (Å²) in [6, 6.07) is -1.38. The molecule has 0 bridgehead atoms. The first kappa shape index (κ1) is 30.4. The molecule has 0 aromatic rings. The van der Waals surface area contributed by atoms with Gasteiger partial charge in [-0.15, -0.1) is 0 Å². The van der Waals surface area contributed by atoms with Gasteiger partial charge in [-0.1, -0.05) is 0 Å². The maximum atomic E-state index is 11.8. The fourth-order valence-electron chi connectivity index (χ4n) is 4.36. The summed E-state index contributed by atoms with van der Waals surface area (Å²) >= 11 is 0. The van der Waals surface area contributed by atoms with Gasteiger partial charge in [-0.2, -0.15) is 0 Å². The lowest BCUT2D eigenvalue weighted by molar-refractivity contribution is -0.352. The molecule has 3 heterocycles. The van der Waals surface area contributed by atoms with Gasteiger partial charge >= 0.3 is 0 Å². The van der Waals surface area contributed by atoms with E-state index in [4.69, 9.17) is 23.7 Å². The molecule has 3 rings (SSSR count). The summed E-state index contributed by atoms with van der Waals surface area (Å²) in [4.78, 5) is 11.8. The van der Waals surface area contributed by atoms with Gasteiger partial charge < -0.3 is 80.1 Å². The molecule has 3 fully saturated rings. The Morgan fingerprint density at radius 1 is 0.703 bits per heavy atom. The number of aliphatic hydroxyl groups excluding tert-OH is 10. The number of rotatable bonds is 8. The molecule has 37 heavy (non-hydrogen) atoms. The van der Waals surface area contributed by atoms with E-state index in [2.05, 4.69) is 5.32 Å². The summed E-state index contributed by atoms with van der Waals surface area (Å²) in [7, 11) is 0. The van der Waals surface area contributed by atoms with Gasteiger partial charge in [0.2, 0.25) is 5.91 Å². The van der Waals surface area contributed by atoms with Crippen LogP contribution in [-0.2, 0) is 28.5 Å². The summed E-state index contributed by atoms with van der Waals surface area (Å²) in [5, 5.41) is 102. The van der Waals surface area contributed by atoms with Crippen molar-refractivity contribution in [3.05, 3.63) is 0 Å². The van der Waals surface area contributed by atoms with Crippen LogP contribution in [0.5, 0.6) is 0 Å². The summed E-state index contributed by atoms with van der Waals surface area (Å²) in [5.41, 5.74) is 0. The van der Waals surface area contributed by atoms with Crippen molar-refractivity contribution in [2.75, 3.05) is 19.8 Å². The summed E-state index contributed by atoms with van der Waals surface area (Å²) in [6.45, 7) is -0.959. The molecule has 17 nitrogen and oxygen atoms in total. The molecule has 0 saturated carbocycles. The van der Waals surface area contributed by atoms with Gasteiger partial charge in [0, 0.05) is 6.92 Å². The first-order chi connectivity index (χ1) is 17.4. The molecule has 216 valence electrons. The number of nitrogens with one attached hydrogen (secondary N) is 1. The molecule has 0 aromatic carbocycles. The minimum Gasteiger partial charge on any atom is -0.394 e. The van der Waals surface area contributed by atoms with Gasteiger partial charge in [0.05, 0.1) is 19.8 Å². The van der Waals surface area contributed by atoms with E-state index < -0.39 is 118 Å². The molecule has 0 aromatic heterocycles. The third-order valence-corrected chi connectivity index (χ3v) is 6.47. The molecule has 3 aliphatic heterocycles.